The molecule has 0 bridgehead atoms. The molecule has 0 amide bonds. The second-order valence-electron chi connectivity index (χ2n) is 3.78. The predicted octanol–water partition coefficient (Wildman–Crippen LogP) is 1.00. The van der Waals surface area contributed by atoms with E-state index in [-0.39, 0.29) is 6.04 Å². The van der Waals surface area contributed by atoms with E-state index in [0.717, 1.165) is 23.3 Å². The van der Waals surface area contributed by atoms with Crippen molar-refractivity contribution in [3.63, 3.8) is 0 Å². The van der Waals surface area contributed by atoms with Crippen LogP contribution in [0.3, 0.4) is 0 Å². The van der Waals surface area contributed by atoms with E-state index in [9.17, 15) is 0 Å². The van der Waals surface area contributed by atoms with Gasteiger partial charge in [-0.15, -0.1) is 0 Å². The van der Waals surface area contributed by atoms with Crippen LogP contribution in [0.15, 0.2) is 18.5 Å². The third-order valence-corrected chi connectivity index (χ3v) is 2.68. The van der Waals surface area contributed by atoms with Crippen LogP contribution < -0.4 is 5.73 Å². The van der Waals surface area contributed by atoms with Gasteiger partial charge in [-0.3, -0.25) is 4.98 Å². The first-order chi connectivity index (χ1) is 7.74. The average molecular weight is 220 g/mol. The fourth-order valence-electron chi connectivity index (χ4n) is 1.76. The molecule has 16 heavy (non-hydrogen) atoms. The number of imidazole rings is 1. The van der Waals surface area contributed by atoms with E-state index in [2.05, 4.69) is 9.97 Å². The molecule has 2 rings (SSSR count). The zero-order chi connectivity index (χ0) is 11.5. The van der Waals surface area contributed by atoms with E-state index >= 15 is 0 Å². The minimum atomic E-state index is -0.0997. The lowest BCUT2D eigenvalue weighted by molar-refractivity contribution is 0.187. The number of hydrogen-bond donors (Lipinski definition) is 1. The van der Waals surface area contributed by atoms with Crippen molar-refractivity contribution in [2.24, 2.45) is 12.8 Å². The first-order valence-corrected chi connectivity index (χ1v) is 5.25. The summed E-state index contributed by atoms with van der Waals surface area (Å²) < 4.78 is 7.01. The Morgan fingerprint density at radius 2 is 2.38 bits per heavy atom. The smallest absolute Gasteiger partial charge is 0.126 e. The molecule has 2 aromatic heterocycles. The van der Waals surface area contributed by atoms with E-state index in [0.29, 0.717) is 6.61 Å². The summed E-state index contributed by atoms with van der Waals surface area (Å²) in [6.07, 6.45) is 4.30. The van der Waals surface area contributed by atoms with Crippen LogP contribution in [0, 0.1) is 0 Å². The van der Waals surface area contributed by atoms with Crippen LogP contribution in [-0.2, 0) is 11.8 Å². The fourth-order valence-corrected chi connectivity index (χ4v) is 1.76. The summed E-state index contributed by atoms with van der Waals surface area (Å²) in [5.74, 6) is 0.875. The predicted molar refractivity (Wildman–Crippen MR) is 61.9 cm³/mol. The molecule has 0 aromatic carbocycles. The number of hydrogen-bond acceptors (Lipinski definition) is 4. The van der Waals surface area contributed by atoms with Gasteiger partial charge < -0.3 is 15.0 Å². The molecule has 0 aliphatic carbocycles. The highest BCUT2D eigenvalue weighted by atomic mass is 16.5. The van der Waals surface area contributed by atoms with Crippen molar-refractivity contribution in [3.05, 3.63) is 24.3 Å². The van der Waals surface area contributed by atoms with E-state index in [4.69, 9.17) is 10.5 Å². The number of nitrogens with two attached hydrogens (primary N) is 1. The summed E-state index contributed by atoms with van der Waals surface area (Å²) in [7, 11) is 3.63. The number of rotatable bonds is 4. The number of nitrogens with zero attached hydrogens (tertiary/aromatic N) is 3. The Morgan fingerprint density at radius 1 is 1.56 bits per heavy atom. The Kier molecular flexibility index (Phi) is 3.17. The fraction of sp³-hybridized carbons (Fsp3) is 0.455. The number of ether oxygens (including phenoxy) is 1. The minimum absolute atomic E-state index is 0.0997. The molecule has 1 unspecified atom stereocenters. The molecular weight excluding hydrogens is 204 g/mol. The zero-order valence-electron chi connectivity index (χ0n) is 9.55. The number of aromatic nitrogens is 3. The van der Waals surface area contributed by atoms with Gasteiger partial charge in [0.15, 0.2) is 0 Å². The van der Waals surface area contributed by atoms with Crippen molar-refractivity contribution >= 4 is 11.0 Å². The van der Waals surface area contributed by atoms with Gasteiger partial charge in [-0.05, 0) is 12.5 Å². The average Bonchev–Trinajstić information content (AvgIpc) is 2.64. The van der Waals surface area contributed by atoms with Crippen LogP contribution in [0.1, 0.15) is 18.3 Å². The van der Waals surface area contributed by atoms with Gasteiger partial charge in [-0.25, -0.2) is 4.98 Å². The molecule has 0 radical (unpaired) electrons. The second-order valence-corrected chi connectivity index (χ2v) is 3.78. The molecule has 0 saturated heterocycles. The summed E-state index contributed by atoms with van der Waals surface area (Å²) in [5.41, 5.74) is 8.00. The number of methoxy groups -OCH3 is 1. The normalized spacial score (nSPS) is 13.2. The molecule has 0 saturated carbocycles. The van der Waals surface area contributed by atoms with Gasteiger partial charge in [0.05, 0.1) is 23.3 Å². The highest BCUT2D eigenvalue weighted by Gasteiger charge is 2.14. The molecule has 2 N–H and O–H groups in total. The molecule has 2 heterocycles. The molecule has 5 heteroatoms. The Bertz CT molecular complexity index is 480. The SMILES string of the molecule is COCCC(N)c1nc2ccncc2n1C. The first-order valence-electron chi connectivity index (χ1n) is 5.25. The Labute approximate surface area is 94.2 Å². The largest absolute Gasteiger partial charge is 0.385 e. The highest BCUT2D eigenvalue weighted by molar-refractivity contribution is 5.74. The Hall–Kier alpha value is -1.46. The topological polar surface area (TPSA) is 66.0 Å². The second kappa shape index (κ2) is 4.59. The molecular formula is C11H16N4O. The van der Waals surface area contributed by atoms with Crippen molar-refractivity contribution in [1.29, 1.82) is 0 Å². The molecule has 0 aliphatic heterocycles. The van der Waals surface area contributed by atoms with Gasteiger partial charge in [0, 0.05) is 27.0 Å². The lowest BCUT2D eigenvalue weighted by Crippen LogP contribution is -2.17. The maximum absolute atomic E-state index is 6.06. The lowest BCUT2D eigenvalue weighted by atomic mass is 10.2. The van der Waals surface area contributed by atoms with Gasteiger partial charge in [-0.1, -0.05) is 0 Å². The number of pyridine rings is 1. The molecule has 86 valence electrons. The van der Waals surface area contributed by atoms with Crippen LogP contribution in [0.4, 0.5) is 0 Å². The molecule has 0 fully saturated rings. The van der Waals surface area contributed by atoms with E-state index in [1.165, 1.54) is 0 Å². The molecule has 0 aliphatic rings. The molecule has 1 atom stereocenters. The van der Waals surface area contributed by atoms with Gasteiger partial charge in [-0.2, -0.15) is 0 Å². The third kappa shape index (κ3) is 1.91. The van der Waals surface area contributed by atoms with E-state index in [1.807, 2.05) is 17.7 Å². The van der Waals surface area contributed by atoms with Crippen LogP contribution >= 0.6 is 0 Å². The Morgan fingerprint density at radius 3 is 3.06 bits per heavy atom. The van der Waals surface area contributed by atoms with Crippen LogP contribution in [-0.4, -0.2) is 28.3 Å². The lowest BCUT2D eigenvalue weighted by Gasteiger charge is -2.10. The van der Waals surface area contributed by atoms with Gasteiger partial charge in [0.1, 0.15) is 5.82 Å². The maximum Gasteiger partial charge on any atom is 0.126 e. The minimum Gasteiger partial charge on any atom is -0.385 e. The maximum atomic E-state index is 6.06. The van der Waals surface area contributed by atoms with Crippen LogP contribution in [0.25, 0.3) is 11.0 Å². The Balaban J connectivity index is 2.33. The standard InChI is InChI=1S/C11H16N4O/c1-15-10-7-13-5-3-9(10)14-11(15)8(12)4-6-16-2/h3,5,7-8H,4,6,12H2,1-2H3. The number of aryl methyl sites for hydroxylation is 1. The van der Waals surface area contributed by atoms with Crippen molar-refractivity contribution < 1.29 is 4.74 Å². The quantitative estimate of drug-likeness (QED) is 0.835. The third-order valence-electron chi connectivity index (χ3n) is 2.68. The van der Waals surface area contributed by atoms with Crippen LogP contribution in [0.2, 0.25) is 0 Å². The summed E-state index contributed by atoms with van der Waals surface area (Å²) in [6, 6.07) is 1.79. The van der Waals surface area contributed by atoms with Crippen LogP contribution in [0.5, 0.6) is 0 Å². The molecule has 2 aromatic rings. The summed E-state index contributed by atoms with van der Waals surface area (Å²) in [5, 5.41) is 0. The van der Waals surface area contributed by atoms with Crippen molar-refractivity contribution in [3.8, 4) is 0 Å². The van der Waals surface area contributed by atoms with Crippen molar-refractivity contribution in [2.75, 3.05) is 13.7 Å². The van der Waals surface area contributed by atoms with Crippen molar-refractivity contribution in [1.82, 2.24) is 14.5 Å². The van der Waals surface area contributed by atoms with Gasteiger partial charge >= 0.3 is 0 Å². The molecule has 5 nitrogen and oxygen atoms in total. The summed E-state index contributed by atoms with van der Waals surface area (Å²) in [6.45, 7) is 0.641. The monoisotopic (exact) mass is 220 g/mol. The molecule has 0 spiro atoms. The highest BCUT2D eigenvalue weighted by Crippen LogP contribution is 2.18. The zero-order valence-corrected chi connectivity index (χ0v) is 9.55. The first kappa shape index (κ1) is 11.0. The summed E-state index contributed by atoms with van der Waals surface area (Å²) >= 11 is 0. The van der Waals surface area contributed by atoms with E-state index in [1.54, 1.807) is 19.5 Å². The number of fused-ring (bicyclic) bond motifs is 1. The van der Waals surface area contributed by atoms with Gasteiger partial charge in [0.25, 0.3) is 0 Å². The van der Waals surface area contributed by atoms with Crippen molar-refractivity contribution in [2.45, 2.75) is 12.5 Å². The van der Waals surface area contributed by atoms with Gasteiger partial charge in [0.2, 0.25) is 0 Å². The summed E-state index contributed by atoms with van der Waals surface area (Å²) in [4.78, 5) is 8.59. The van der Waals surface area contributed by atoms with E-state index < -0.39 is 0 Å².